The minimum Gasteiger partial charge on any atom is -0.508 e. The largest absolute Gasteiger partial charge is 0.508 e. The molecule has 25 heavy (non-hydrogen) atoms. The number of aryl methyl sites for hydroxylation is 1. The van der Waals surface area contributed by atoms with Crippen molar-refractivity contribution in [2.45, 2.75) is 51.4 Å². The van der Waals surface area contributed by atoms with Crippen LogP contribution in [0.5, 0.6) is 5.75 Å². The van der Waals surface area contributed by atoms with Gasteiger partial charge < -0.3 is 15.6 Å². The number of ether oxygens (including phenoxy) is 1. The van der Waals surface area contributed by atoms with Gasteiger partial charge in [0.1, 0.15) is 5.75 Å². The Balaban J connectivity index is 1.55. The molecule has 3 nitrogen and oxygen atoms in total. The molecule has 3 aliphatic rings. The number of hydrogen-bond acceptors (Lipinski definition) is 3. The van der Waals surface area contributed by atoms with Gasteiger partial charge in [0.2, 0.25) is 0 Å². The summed E-state index contributed by atoms with van der Waals surface area (Å²) in [5.74, 6) is 2.71. The molecule has 2 fully saturated rings. The number of aromatic hydroxyl groups is 1. The van der Waals surface area contributed by atoms with Gasteiger partial charge in [-0.1, -0.05) is 24.6 Å². The van der Waals surface area contributed by atoms with E-state index in [4.69, 9.17) is 10.5 Å². The molecule has 0 aromatic heterocycles. The Morgan fingerprint density at radius 3 is 3.00 bits per heavy atom. The highest BCUT2D eigenvalue weighted by molar-refractivity contribution is 5.40. The zero-order valence-electron chi connectivity index (χ0n) is 15.3. The van der Waals surface area contributed by atoms with Crippen molar-refractivity contribution in [2.75, 3.05) is 19.8 Å². The first-order valence-electron chi connectivity index (χ1n) is 9.92. The summed E-state index contributed by atoms with van der Waals surface area (Å²) in [6.07, 6.45) is 9.87. The first-order valence-corrected chi connectivity index (χ1v) is 9.92. The summed E-state index contributed by atoms with van der Waals surface area (Å²) in [5.41, 5.74) is 10.4. The molecule has 3 N–H and O–H groups in total. The Morgan fingerprint density at radius 1 is 1.28 bits per heavy atom. The molecule has 0 bridgehead atoms. The van der Waals surface area contributed by atoms with Gasteiger partial charge in [-0.25, -0.2) is 0 Å². The molecule has 1 aromatic carbocycles. The van der Waals surface area contributed by atoms with Gasteiger partial charge in [-0.05, 0) is 85.0 Å². The van der Waals surface area contributed by atoms with Gasteiger partial charge in [0, 0.05) is 6.54 Å². The van der Waals surface area contributed by atoms with E-state index in [0.717, 1.165) is 18.3 Å². The van der Waals surface area contributed by atoms with Crippen LogP contribution in [0.2, 0.25) is 0 Å². The number of hydrogen-bond donors (Lipinski definition) is 2. The SMILES string of the molecule is CC12CCC3c4ccc(O)cc4CCC3C1CC/C2=C\COCCN. The van der Waals surface area contributed by atoms with Crippen molar-refractivity contribution >= 4 is 0 Å². The Bertz CT molecular complexity index is 668. The highest BCUT2D eigenvalue weighted by atomic mass is 16.5. The van der Waals surface area contributed by atoms with E-state index in [1.54, 1.807) is 5.57 Å². The van der Waals surface area contributed by atoms with Gasteiger partial charge in [0.25, 0.3) is 0 Å². The molecule has 0 amide bonds. The first-order chi connectivity index (χ1) is 12.1. The first kappa shape index (κ1) is 17.1. The van der Waals surface area contributed by atoms with E-state index in [-0.39, 0.29) is 0 Å². The van der Waals surface area contributed by atoms with Crippen LogP contribution in [0.1, 0.15) is 56.1 Å². The number of fused-ring (bicyclic) bond motifs is 5. The number of nitrogens with two attached hydrogens (primary N) is 1. The van der Waals surface area contributed by atoms with E-state index >= 15 is 0 Å². The normalized spacial score (nSPS) is 35.3. The predicted molar refractivity (Wildman–Crippen MR) is 101 cm³/mol. The average Bonchev–Trinajstić information content (AvgIpc) is 2.95. The van der Waals surface area contributed by atoms with E-state index in [1.165, 1.54) is 43.2 Å². The number of phenols is 1. The van der Waals surface area contributed by atoms with Gasteiger partial charge in [-0.15, -0.1) is 0 Å². The van der Waals surface area contributed by atoms with Gasteiger partial charge in [0.05, 0.1) is 13.2 Å². The maximum absolute atomic E-state index is 9.80. The minimum atomic E-state index is 0.363. The fourth-order valence-corrected chi connectivity index (χ4v) is 6.08. The van der Waals surface area contributed by atoms with Crippen LogP contribution in [0, 0.1) is 17.3 Å². The van der Waals surface area contributed by atoms with Crippen LogP contribution in [-0.2, 0) is 11.2 Å². The molecule has 136 valence electrons. The summed E-state index contributed by atoms with van der Waals surface area (Å²) in [5, 5.41) is 9.80. The monoisotopic (exact) mass is 341 g/mol. The molecule has 1 aromatic rings. The lowest BCUT2D eigenvalue weighted by molar-refractivity contribution is 0.0804. The number of allylic oxidation sites excluding steroid dienone is 1. The van der Waals surface area contributed by atoms with Crippen LogP contribution < -0.4 is 5.73 Å². The fourth-order valence-electron chi connectivity index (χ4n) is 6.08. The van der Waals surface area contributed by atoms with Gasteiger partial charge in [-0.2, -0.15) is 0 Å². The molecular formula is C22H31NO2. The van der Waals surface area contributed by atoms with Crippen LogP contribution >= 0.6 is 0 Å². The Labute approximate surface area is 151 Å². The summed E-state index contributed by atoms with van der Waals surface area (Å²) >= 11 is 0. The Kier molecular flexibility index (Phi) is 4.63. The van der Waals surface area contributed by atoms with E-state index in [1.807, 2.05) is 12.1 Å². The molecule has 0 aliphatic heterocycles. The quantitative estimate of drug-likeness (QED) is 0.639. The van der Waals surface area contributed by atoms with Crippen molar-refractivity contribution in [3.8, 4) is 5.75 Å². The van der Waals surface area contributed by atoms with E-state index in [0.29, 0.717) is 36.8 Å². The van der Waals surface area contributed by atoms with Crippen LogP contribution in [-0.4, -0.2) is 24.9 Å². The van der Waals surface area contributed by atoms with Crippen molar-refractivity contribution < 1.29 is 9.84 Å². The third kappa shape index (κ3) is 2.92. The van der Waals surface area contributed by atoms with Crippen LogP contribution in [0.3, 0.4) is 0 Å². The van der Waals surface area contributed by atoms with E-state index in [2.05, 4.69) is 19.1 Å². The lowest BCUT2D eigenvalue weighted by Crippen LogP contribution is -2.40. The van der Waals surface area contributed by atoms with Gasteiger partial charge >= 0.3 is 0 Å². The molecule has 0 radical (unpaired) electrons. The van der Waals surface area contributed by atoms with Crippen molar-refractivity contribution in [2.24, 2.45) is 23.0 Å². The molecule has 4 atom stereocenters. The van der Waals surface area contributed by atoms with Crippen molar-refractivity contribution in [1.29, 1.82) is 0 Å². The number of rotatable bonds is 4. The highest BCUT2D eigenvalue weighted by Crippen LogP contribution is 2.62. The summed E-state index contributed by atoms with van der Waals surface area (Å²) in [7, 11) is 0. The second kappa shape index (κ2) is 6.77. The third-order valence-electron chi connectivity index (χ3n) is 7.27. The standard InChI is InChI=1S/C22H31NO2/c1-22-10-8-19-18-6-4-17(24)14-15(18)2-5-20(19)21(22)7-3-16(22)9-12-25-13-11-23/h4,6,9,14,19-21,24H,2-3,5,7-8,10-13,23H2,1H3/b16-9+. The lowest BCUT2D eigenvalue weighted by Gasteiger charge is -2.49. The zero-order valence-corrected chi connectivity index (χ0v) is 15.3. The summed E-state index contributed by atoms with van der Waals surface area (Å²) < 4.78 is 5.61. The summed E-state index contributed by atoms with van der Waals surface area (Å²) in [6.45, 7) is 4.47. The minimum absolute atomic E-state index is 0.363. The van der Waals surface area contributed by atoms with E-state index in [9.17, 15) is 5.11 Å². The summed E-state index contributed by atoms with van der Waals surface area (Å²) in [6, 6.07) is 6.06. The molecule has 3 aliphatic carbocycles. The van der Waals surface area contributed by atoms with Crippen molar-refractivity contribution in [3.05, 3.63) is 41.0 Å². The fraction of sp³-hybridized carbons (Fsp3) is 0.636. The highest BCUT2D eigenvalue weighted by Gasteiger charge is 2.52. The Hall–Kier alpha value is -1.32. The maximum Gasteiger partial charge on any atom is 0.115 e. The molecule has 4 unspecified atom stereocenters. The second-order valence-corrected chi connectivity index (χ2v) is 8.39. The number of benzene rings is 1. The smallest absolute Gasteiger partial charge is 0.115 e. The number of phenolic OH excluding ortho intramolecular Hbond substituents is 1. The third-order valence-corrected chi connectivity index (χ3v) is 7.27. The predicted octanol–water partition coefficient (Wildman–Crippen LogP) is 4.15. The zero-order chi connectivity index (χ0) is 17.4. The van der Waals surface area contributed by atoms with Crippen LogP contribution in [0.25, 0.3) is 0 Å². The molecular weight excluding hydrogens is 310 g/mol. The average molecular weight is 341 g/mol. The molecule has 0 saturated heterocycles. The molecule has 4 rings (SSSR count). The summed E-state index contributed by atoms with van der Waals surface area (Å²) in [4.78, 5) is 0. The second-order valence-electron chi connectivity index (χ2n) is 8.39. The van der Waals surface area contributed by atoms with Gasteiger partial charge in [0.15, 0.2) is 0 Å². The van der Waals surface area contributed by atoms with E-state index < -0.39 is 0 Å². The molecule has 3 heteroatoms. The molecule has 0 spiro atoms. The maximum atomic E-state index is 9.80. The van der Waals surface area contributed by atoms with Crippen molar-refractivity contribution in [1.82, 2.24) is 0 Å². The van der Waals surface area contributed by atoms with Crippen molar-refractivity contribution in [3.63, 3.8) is 0 Å². The topological polar surface area (TPSA) is 55.5 Å². The van der Waals surface area contributed by atoms with Crippen LogP contribution in [0.15, 0.2) is 29.8 Å². The Morgan fingerprint density at radius 2 is 2.16 bits per heavy atom. The van der Waals surface area contributed by atoms with Crippen LogP contribution in [0.4, 0.5) is 0 Å². The lowest BCUT2D eigenvalue weighted by atomic mass is 9.55. The van der Waals surface area contributed by atoms with Gasteiger partial charge in [-0.3, -0.25) is 0 Å². The molecule has 0 heterocycles. The molecule has 2 saturated carbocycles.